The van der Waals surface area contributed by atoms with Crippen molar-refractivity contribution in [3.63, 3.8) is 0 Å². The molecule has 0 atom stereocenters. The van der Waals surface area contributed by atoms with Gasteiger partial charge in [0.1, 0.15) is 0 Å². The van der Waals surface area contributed by atoms with Crippen molar-refractivity contribution in [1.29, 1.82) is 0 Å². The standard InChI is InChI=1S/C23H20/c1-6-17-15(4)14(3)12-21-20-9-7-8-18-13(2)10-11-19(23(18)20)16(5)22(17)21/h6-12H,1,5H2,2-4H3. The maximum atomic E-state index is 4.44. The van der Waals surface area contributed by atoms with E-state index in [1.54, 1.807) is 0 Å². The summed E-state index contributed by atoms with van der Waals surface area (Å²) in [5.74, 6) is 0. The average molecular weight is 296 g/mol. The van der Waals surface area contributed by atoms with E-state index >= 15 is 0 Å². The van der Waals surface area contributed by atoms with Crippen LogP contribution in [0.4, 0.5) is 0 Å². The first kappa shape index (κ1) is 14.0. The molecule has 0 aromatic heterocycles. The summed E-state index contributed by atoms with van der Waals surface area (Å²) in [5, 5.41) is 8.87. The van der Waals surface area contributed by atoms with Crippen LogP contribution in [0.5, 0.6) is 0 Å². The third kappa shape index (κ3) is 1.72. The molecule has 0 nitrogen and oxygen atoms in total. The van der Waals surface area contributed by atoms with Gasteiger partial charge in [0.05, 0.1) is 0 Å². The van der Waals surface area contributed by atoms with Gasteiger partial charge in [-0.3, -0.25) is 0 Å². The molecule has 0 saturated heterocycles. The molecule has 4 rings (SSSR count). The van der Waals surface area contributed by atoms with Crippen LogP contribution in [0.15, 0.2) is 43.0 Å². The minimum atomic E-state index is 1.11. The van der Waals surface area contributed by atoms with E-state index in [1.807, 2.05) is 6.08 Å². The summed E-state index contributed by atoms with van der Waals surface area (Å²) >= 11 is 0. The van der Waals surface area contributed by atoms with Crippen LogP contribution in [0.2, 0.25) is 0 Å². The van der Waals surface area contributed by atoms with Gasteiger partial charge in [-0.15, -0.1) is 0 Å². The van der Waals surface area contributed by atoms with Crippen LogP contribution in [0, 0.1) is 20.8 Å². The molecule has 0 heterocycles. The van der Waals surface area contributed by atoms with Crippen LogP contribution in [-0.4, -0.2) is 0 Å². The first-order valence-corrected chi connectivity index (χ1v) is 8.03. The molecule has 0 N–H and O–H groups in total. The molecule has 4 aromatic rings. The molecule has 112 valence electrons. The zero-order chi connectivity index (χ0) is 16.3. The Kier molecular flexibility index (Phi) is 2.86. The minimum absolute atomic E-state index is 1.11. The maximum Gasteiger partial charge on any atom is -0.00239 e. The lowest BCUT2D eigenvalue weighted by atomic mass is 9.87. The topological polar surface area (TPSA) is 0 Å². The molecule has 0 spiro atoms. The van der Waals surface area contributed by atoms with Crippen molar-refractivity contribution in [3.05, 3.63) is 70.4 Å². The monoisotopic (exact) mass is 296 g/mol. The molecule has 0 saturated carbocycles. The Morgan fingerprint density at radius 3 is 2.26 bits per heavy atom. The third-order valence-corrected chi connectivity index (χ3v) is 5.27. The van der Waals surface area contributed by atoms with E-state index < -0.39 is 0 Å². The minimum Gasteiger partial charge on any atom is -0.0984 e. The predicted molar refractivity (Wildman–Crippen MR) is 104 cm³/mol. The molecule has 0 heteroatoms. The van der Waals surface area contributed by atoms with Crippen LogP contribution in [0.3, 0.4) is 0 Å². The lowest BCUT2D eigenvalue weighted by Gasteiger charge is -2.16. The number of hydrogen-bond acceptors (Lipinski definition) is 0. The summed E-state index contributed by atoms with van der Waals surface area (Å²) in [5.41, 5.74) is 5.13. The molecule has 0 aliphatic rings. The first-order chi connectivity index (χ1) is 11.0. The van der Waals surface area contributed by atoms with Gasteiger partial charge < -0.3 is 0 Å². The van der Waals surface area contributed by atoms with Gasteiger partial charge in [0.25, 0.3) is 0 Å². The van der Waals surface area contributed by atoms with Crippen LogP contribution in [0.1, 0.15) is 22.3 Å². The molecule has 0 aliphatic carbocycles. The van der Waals surface area contributed by atoms with E-state index in [2.05, 4.69) is 70.3 Å². The van der Waals surface area contributed by atoms with Crippen molar-refractivity contribution in [3.8, 4) is 0 Å². The molecule has 0 aliphatic heterocycles. The first-order valence-electron chi connectivity index (χ1n) is 8.03. The summed E-state index contributed by atoms with van der Waals surface area (Å²) < 4.78 is 0. The summed E-state index contributed by atoms with van der Waals surface area (Å²) in [4.78, 5) is 0. The smallest absolute Gasteiger partial charge is 0.00239 e. The lowest BCUT2D eigenvalue weighted by Crippen LogP contribution is -2.07. The third-order valence-electron chi connectivity index (χ3n) is 5.27. The maximum absolute atomic E-state index is 4.44. The van der Waals surface area contributed by atoms with Crippen molar-refractivity contribution in [1.82, 2.24) is 0 Å². The van der Waals surface area contributed by atoms with Crippen LogP contribution in [-0.2, 0) is 0 Å². The molecule has 4 aromatic carbocycles. The molecule has 0 radical (unpaired) electrons. The average Bonchev–Trinajstić information content (AvgIpc) is 2.55. The summed E-state index contributed by atoms with van der Waals surface area (Å²) in [6, 6.07) is 13.3. The van der Waals surface area contributed by atoms with Gasteiger partial charge in [0.15, 0.2) is 0 Å². The van der Waals surface area contributed by atoms with E-state index in [0.29, 0.717) is 0 Å². The predicted octanol–water partition coefficient (Wildman–Crippen LogP) is 5.84. The molecule has 23 heavy (non-hydrogen) atoms. The van der Waals surface area contributed by atoms with Crippen molar-refractivity contribution >= 4 is 45.0 Å². The Morgan fingerprint density at radius 1 is 0.783 bits per heavy atom. The second-order valence-electron chi connectivity index (χ2n) is 6.50. The molecule has 0 fully saturated rings. The van der Waals surface area contributed by atoms with Gasteiger partial charge in [0.2, 0.25) is 0 Å². The highest BCUT2D eigenvalue weighted by atomic mass is 14.2. The van der Waals surface area contributed by atoms with E-state index in [0.717, 1.165) is 5.22 Å². The molecular formula is C23H20. The van der Waals surface area contributed by atoms with Crippen LogP contribution in [0.25, 0.3) is 45.0 Å². The fraction of sp³-hybridized carbons (Fsp3) is 0.130. The Morgan fingerprint density at radius 2 is 1.52 bits per heavy atom. The number of aryl methyl sites for hydroxylation is 2. The Hall–Kier alpha value is -2.60. The second kappa shape index (κ2) is 4.70. The summed E-state index contributed by atoms with van der Waals surface area (Å²) in [7, 11) is 0. The second-order valence-corrected chi connectivity index (χ2v) is 6.50. The van der Waals surface area contributed by atoms with Crippen molar-refractivity contribution in [2.45, 2.75) is 20.8 Å². The number of fused-ring (bicyclic) bond motifs is 2. The Labute approximate surface area is 136 Å². The van der Waals surface area contributed by atoms with Gasteiger partial charge in [-0.05, 0) is 80.6 Å². The van der Waals surface area contributed by atoms with E-state index in [1.165, 1.54) is 54.6 Å². The fourth-order valence-corrected chi connectivity index (χ4v) is 3.90. The molecule has 0 bridgehead atoms. The lowest BCUT2D eigenvalue weighted by molar-refractivity contribution is 1.35. The highest BCUT2D eigenvalue weighted by Gasteiger charge is 2.14. The Balaban J connectivity index is 2.47. The molecular weight excluding hydrogens is 276 g/mol. The molecule has 0 unspecified atom stereocenters. The highest BCUT2D eigenvalue weighted by molar-refractivity contribution is 6.23. The van der Waals surface area contributed by atoms with Crippen molar-refractivity contribution in [2.24, 2.45) is 0 Å². The summed E-state index contributed by atoms with van der Waals surface area (Å²) in [6.45, 7) is 15.0. The number of rotatable bonds is 1. The largest absolute Gasteiger partial charge is 0.0984 e. The van der Waals surface area contributed by atoms with Gasteiger partial charge in [-0.1, -0.05) is 55.6 Å². The normalized spacial score (nSPS) is 11.6. The number of benzene rings is 4. The van der Waals surface area contributed by atoms with Crippen molar-refractivity contribution < 1.29 is 0 Å². The van der Waals surface area contributed by atoms with E-state index in [4.69, 9.17) is 0 Å². The van der Waals surface area contributed by atoms with Crippen LogP contribution < -0.4 is 5.22 Å². The van der Waals surface area contributed by atoms with Crippen LogP contribution >= 0.6 is 0 Å². The van der Waals surface area contributed by atoms with Gasteiger partial charge >= 0.3 is 0 Å². The zero-order valence-corrected chi connectivity index (χ0v) is 14.0. The van der Waals surface area contributed by atoms with E-state index in [9.17, 15) is 0 Å². The van der Waals surface area contributed by atoms with E-state index in [-0.39, 0.29) is 0 Å². The van der Waals surface area contributed by atoms with Crippen molar-refractivity contribution in [2.75, 3.05) is 0 Å². The Bertz CT molecular complexity index is 1160. The zero-order valence-electron chi connectivity index (χ0n) is 14.0. The molecule has 0 amide bonds. The number of hydrogen-bond donors (Lipinski definition) is 0. The van der Waals surface area contributed by atoms with Gasteiger partial charge in [-0.25, -0.2) is 0 Å². The SMILES string of the molecule is C=Cc1c(C)c(C)cc2c1c(=C)c1ccc(C)c3cccc2c31. The van der Waals surface area contributed by atoms with Gasteiger partial charge in [0, 0.05) is 0 Å². The summed E-state index contributed by atoms with van der Waals surface area (Å²) in [6.07, 6.45) is 1.98. The quantitative estimate of drug-likeness (QED) is 0.305. The highest BCUT2D eigenvalue weighted by Crippen LogP contribution is 2.35. The van der Waals surface area contributed by atoms with Gasteiger partial charge in [-0.2, -0.15) is 0 Å². The fourth-order valence-electron chi connectivity index (χ4n) is 3.90.